The molecule has 0 amide bonds. The summed E-state index contributed by atoms with van der Waals surface area (Å²) in [5.41, 5.74) is -0.506. The Hall–Kier alpha value is -1.29. The van der Waals surface area contributed by atoms with Gasteiger partial charge in [-0.2, -0.15) is 0 Å². The number of carboxylic acids is 1. The van der Waals surface area contributed by atoms with Gasteiger partial charge >= 0.3 is 5.97 Å². The van der Waals surface area contributed by atoms with Crippen LogP contribution in [0.3, 0.4) is 0 Å². The molecule has 0 unspecified atom stereocenters. The van der Waals surface area contributed by atoms with Crippen molar-refractivity contribution >= 4 is 17.6 Å². The zero-order valence-corrected chi connectivity index (χ0v) is 10.1. The molecule has 0 bridgehead atoms. The van der Waals surface area contributed by atoms with Gasteiger partial charge in [-0.15, -0.1) is 0 Å². The molecule has 1 aliphatic carbocycles. The van der Waals surface area contributed by atoms with E-state index < -0.39 is 17.2 Å². The zero-order valence-electron chi connectivity index (χ0n) is 9.30. The van der Waals surface area contributed by atoms with E-state index in [0.29, 0.717) is 18.4 Å². The van der Waals surface area contributed by atoms with Crippen molar-refractivity contribution in [2.75, 3.05) is 7.11 Å². The maximum absolute atomic E-state index is 13.3. The van der Waals surface area contributed by atoms with Crippen molar-refractivity contribution in [3.8, 4) is 5.75 Å². The smallest absolute Gasteiger partial charge is 0.314 e. The number of hydrogen-bond acceptors (Lipinski definition) is 2. The lowest BCUT2D eigenvalue weighted by molar-refractivity contribution is -0.147. The van der Waals surface area contributed by atoms with E-state index in [2.05, 4.69) is 0 Å². The summed E-state index contributed by atoms with van der Waals surface area (Å²) < 4.78 is 18.4. The number of hydrogen-bond donors (Lipinski definition) is 1. The zero-order chi connectivity index (χ0) is 12.6. The first kappa shape index (κ1) is 12.2. The van der Waals surface area contributed by atoms with Crippen molar-refractivity contribution in [1.29, 1.82) is 0 Å². The number of benzene rings is 1. The van der Waals surface area contributed by atoms with Crippen molar-refractivity contribution in [3.05, 3.63) is 28.5 Å². The summed E-state index contributed by atoms with van der Waals surface area (Å²) in [6.45, 7) is 0. The van der Waals surface area contributed by atoms with E-state index in [1.165, 1.54) is 19.2 Å². The Kier molecular flexibility index (Phi) is 3.00. The first-order valence-corrected chi connectivity index (χ1v) is 5.66. The van der Waals surface area contributed by atoms with Crippen LogP contribution in [0, 0.1) is 5.82 Å². The third-order valence-electron chi connectivity index (χ3n) is 3.39. The van der Waals surface area contributed by atoms with Crippen LogP contribution < -0.4 is 4.74 Å². The number of aliphatic carboxylic acids is 1. The van der Waals surface area contributed by atoms with Crippen LogP contribution in [0.25, 0.3) is 0 Å². The Morgan fingerprint density at radius 1 is 1.53 bits per heavy atom. The topological polar surface area (TPSA) is 46.5 Å². The lowest BCUT2D eigenvalue weighted by Crippen LogP contribution is -2.42. The molecular weight excluding hydrogens is 247 g/mol. The van der Waals surface area contributed by atoms with Gasteiger partial charge in [0, 0.05) is 5.56 Å². The van der Waals surface area contributed by atoms with Crippen LogP contribution in [0.5, 0.6) is 5.75 Å². The molecule has 2 rings (SSSR count). The van der Waals surface area contributed by atoms with Gasteiger partial charge in [0.1, 0.15) is 16.6 Å². The molecule has 0 radical (unpaired) electrons. The summed E-state index contributed by atoms with van der Waals surface area (Å²) in [7, 11) is 1.36. The van der Waals surface area contributed by atoms with E-state index in [9.17, 15) is 14.3 Å². The van der Waals surface area contributed by atoms with Crippen LogP contribution in [-0.2, 0) is 10.2 Å². The molecule has 1 N–H and O–H groups in total. The van der Waals surface area contributed by atoms with Crippen LogP contribution in [0.2, 0.25) is 5.02 Å². The summed E-state index contributed by atoms with van der Waals surface area (Å²) in [5.74, 6) is -1.38. The summed E-state index contributed by atoms with van der Waals surface area (Å²) in [6.07, 6.45) is 1.89. The maximum Gasteiger partial charge on any atom is 0.314 e. The number of ether oxygens (including phenoxy) is 1. The second kappa shape index (κ2) is 4.18. The normalized spacial score (nSPS) is 17.4. The number of carbonyl (C=O) groups is 1. The van der Waals surface area contributed by atoms with Crippen LogP contribution in [0.4, 0.5) is 4.39 Å². The lowest BCUT2D eigenvalue weighted by Gasteiger charge is -2.38. The van der Waals surface area contributed by atoms with Crippen molar-refractivity contribution in [2.24, 2.45) is 0 Å². The van der Waals surface area contributed by atoms with Crippen molar-refractivity contribution in [2.45, 2.75) is 24.7 Å². The highest BCUT2D eigenvalue weighted by Crippen LogP contribution is 2.49. The summed E-state index contributed by atoms with van der Waals surface area (Å²) in [4.78, 5) is 11.4. The minimum Gasteiger partial charge on any atom is -0.495 e. The lowest BCUT2D eigenvalue weighted by atomic mass is 9.64. The van der Waals surface area contributed by atoms with Gasteiger partial charge in [0.15, 0.2) is 0 Å². The fourth-order valence-electron chi connectivity index (χ4n) is 2.24. The number of methoxy groups -OCH3 is 1. The third kappa shape index (κ3) is 1.67. The van der Waals surface area contributed by atoms with E-state index in [4.69, 9.17) is 16.3 Å². The first-order valence-electron chi connectivity index (χ1n) is 5.29. The molecule has 0 saturated heterocycles. The largest absolute Gasteiger partial charge is 0.495 e. The van der Waals surface area contributed by atoms with Crippen molar-refractivity contribution in [3.63, 3.8) is 0 Å². The molecule has 1 aromatic carbocycles. The first-order chi connectivity index (χ1) is 8.03. The monoisotopic (exact) mass is 258 g/mol. The highest BCUT2D eigenvalue weighted by atomic mass is 35.5. The average Bonchev–Trinajstić information content (AvgIpc) is 2.21. The van der Waals surface area contributed by atoms with E-state index in [-0.39, 0.29) is 10.8 Å². The van der Waals surface area contributed by atoms with Crippen molar-refractivity contribution in [1.82, 2.24) is 0 Å². The molecule has 1 saturated carbocycles. The molecule has 0 aromatic heterocycles. The highest BCUT2D eigenvalue weighted by Gasteiger charge is 2.48. The van der Waals surface area contributed by atoms with Gasteiger partial charge in [-0.3, -0.25) is 4.79 Å². The van der Waals surface area contributed by atoms with E-state index in [1.807, 2.05) is 0 Å². The molecular formula is C12H12ClFO3. The molecule has 1 fully saturated rings. The maximum atomic E-state index is 13.3. The van der Waals surface area contributed by atoms with Crippen molar-refractivity contribution < 1.29 is 19.0 Å². The van der Waals surface area contributed by atoms with Gasteiger partial charge in [0.25, 0.3) is 0 Å². The Balaban J connectivity index is 2.59. The number of rotatable bonds is 3. The number of carboxylic acid groups (broad SMARTS) is 1. The molecule has 1 aliphatic rings. The molecule has 0 heterocycles. The van der Waals surface area contributed by atoms with E-state index in [0.717, 1.165) is 6.42 Å². The predicted octanol–water partition coefficient (Wildman–Crippen LogP) is 2.99. The van der Waals surface area contributed by atoms with Gasteiger partial charge in [-0.25, -0.2) is 4.39 Å². The fourth-order valence-corrected chi connectivity index (χ4v) is 2.48. The second-order valence-corrected chi connectivity index (χ2v) is 4.56. The van der Waals surface area contributed by atoms with Crippen LogP contribution in [0.15, 0.2) is 12.1 Å². The quantitative estimate of drug-likeness (QED) is 0.907. The minimum atomic E-state index is -0.970. The molecule has 0 atom stereocenters. The Morgan fingerprint density at radius 3 is 2.59 bits per heavy atom. The summed E-state index contributed by atoms with van der Waals surface area (Å²) >= 11 is 5.80. The van der Waals surface area contributed by atoms with Crippen LogP contribution in [-0.4, -0.2) is 18.2 Å². The number of halogens is 2. The van der Waals surface area contributed by atoms with Gasteiger partial charge in [0.2, 0.25) is 0 Å². The summed E-state index contributed by atoms with van der Waals surface area (Å²) in [5, 5.41) is 9.17. The minimum absolute atomic E-state index is 0.133. The Morgan fingerprint density at radius 2 is 2.18 bits per heavy atom. The van der Waals surface area contributed by atoms with Gasteiger partial charge in [-0.05, 0) is 18.9 Å². The fraction of sp³-hybridized carbons (Fsp3) is 0.417. The highest BCUT2D eigenvalue weighted by molar-refractivity contribution is 6.32. The molecule has 3 nitrogen and oxygen atoms in total. The molecule has 5 heteroatoms. The Labute approximate surface area is 103 Å². The molecule has 0 spiro atoms. The molecule has 1 aromatic rings. The van der Waals surface area contributed by atoms with Gasteiger partial charge < -0.3 is 9.84 Å². The van der Waals surface area contributed by atoms with E-state index in [1.54, 1.807) is 0 Å². The third-order valence-corrected chi connectivity index (χ3v) is 3.74. The summed E-state index contributed by atoms with van der Waals surface area (Å²) in [6, 6.07) is 2.64. The second-order valence-electron chi connectivity index (χ2n) is 4.18. The Bertz CT molecular complexity index is 469. The van der Waals surface area contributed by atoms with Crippen LogP contribution >= 0.6 is 11.6 Å². The van der Waals surface area contributed by atoms with E-state index >= 15 is 0 Å². The predicted molar refractivity (Wildman–Crippen MR) is 61.1 cm³/mol. The standard InChI is InChI=1S/C12H12ClFO3/c1-17-10-7(3-4-8(14)9(10)13)12(11(15)16)5-2-6-12/h3-4H,2,5-6H2,1H3,(H,15,16). The molecule has 17 heavy (non-hydrogen) atoms. The average molecular weight is 259 g/mol. The van der Waals surface area contributed by atoms with Crippen LogP contribution in [0.1, 0.15) is 24.8 Å². The van der Waals surface area contributed by atoms with Gasteiger partial charge in [-0.1, -0.05) is 24.1 Å². The molecule has 92 valence electrons. The SMILES string of the molecule is COc1c(C2(C(=O)O)CCC2)ccc(F)c1Cl. The van der Waals surface area contributed by atoms with Gasteiger partial charge in [0.05, 0.1) is 12.5 Å². The molecule has 0 aliphatic heterocycles.